The number of hydrogen-bond donors (Lipinski definition) is 1. The molecule has 0 unspecified atom stereocenters. The molecular weight excluding hydrogens is 412 g/mol. The van der Waals surface area contributed by atoms with Crippen LogP contribution in [-0.4, -0.2) is 39.5 Å². The molecule has 0 saturated heterocycles. The monoisotopic (exact) mass is 434 g/mol. The van der Waals surface area contributed by atoms with Gasteiger partial charge in [-0.15, -0.1) is 21.5 Å². The number of anilines is 1. The molecule has 8 nitrogen and oxygen atoms in total. The molecule has 3 aromatic heterocycles. The first kappa shape index (κ1) is 21.1. The molecule has 0 radical (unpaired) electrons. The fourth-order valence-electron chi connectivity index (χ4n) is 2.76. The summed E-state index contributed by atoms with van der Waals surface area (Å²) in [6.07, 6.45) is 2.39. The molecule has 1 N–H and O–H groups in total. The molecule has 0 aliphatic carbocycles. The van der Waals surface area contributed by atoms with Crippen LogP contribution in [-0.2, 0) is 22.5 Å². The van der Waals surface area contributed by atoms with E-state index in [-0.39, 0.29) is 11.7 Å². The van der Waals surface area contributed by atoms with E-state index in [2.05, 4.69) is 15.5 Å². The third-order valence-electron chi connectivity index (χ3n) is 4.25. The number of amides is 1. The predicted molar refractivity (Wildman–Crippen MR) is 113 cm³/mol. The number of thiophene rings is 1. The summed E-state index contributed by atoms with van der Waals surface area (Å²) in [4.78, 5) is 25.4. The van der Waals surface area contributed by atoms with E-state index in [1.165, 1.54) is 30.2 Å². The average Bonchev–Trinajstić information content (AvgIpc) is 3.43. The molecule has 10 heteroatoms. The van der Waals surface area contributed by atoms with Crippen LogP contribution in [0.1, 0.15) is 34.8 Å². The van der Waals surface area contributed by atoms with Crippen LogP contribution in [0.5, 0.6) is 0 Å². The minimum Gasteiger partial charge on any atom is -0.469 e. The largest absolute Gasteiger partial charge is 0.469 e. The Bertz CT molecular complexity index is 1020. The van der Waals surface area contributed by atoms with Gasteiger partial charge in [0.05, 0.1) is 30.3 Å². The third kappa shape index (κ3) is 4.54. The van der Waals surface area contributed by atoms with Crippen LogP contribution in [0.15, 0.2) is 28.0 Å². The molecule has 154 valence electrons. The second kappa shape index (κ2) is 9.27. The number of aromatic nitrogens is 3. The number of nitrogens with one attached hydrogen (secondary N) is 1. The Labute approximate surface area is 176 Å². The Kier molecular flexibility index (Phi) is 6.75. The van der Waals surface area contributed by atoms with Crippen molar-refractivity contribution in [3.63, 3.8) is 0 Å². The van der Waals surface area contributed by atoms with Gasteiger partial charge in [-0.1, -0.05) is 18.7 Å². The van der Waals surface area contributed by atoms with Crippen molar-refractivity contribution in [3.8, 4) is 11.4 Å². The SMILES string of the molecule is CCc1cc(C(=O)OC)c(NC(=O)CSc2nnc(-c3ccoc3C)n2CC)s1. The first-order valence-corrected chi connectivity index (χ1v) is 10.9. The van der Waals surface area contributed by atoms with Crippen molar-refractivity contribution in [1.29, 1.82) is 0 Å². The molecule has 29 heavy (non-hydrogen) atoms. The fraction of sp³-hybridized carbons (Fsp3) is 0.368. The molecular formula is C19H22N4O4S2. The first-order valence-electron chi connectivity index (χ1n) is 9.09. The van der Waals surface area contributed by atoms with Crippen LogP contribution in [0.3, 0.4) is 0 Å². The number of aryl methyl sites for hydroxylation is 2. The van der Waals surface area contributed by atoms with Crippen molar-refractivity contribution in [2.24, 2.45) is 0 Å². The summed E-state index contributed by atoms with van der Waals surface area (Å²) in [7, 11) is 1.32. The average molecular weight is 435 g/mol. The van der Waals surface area contributed by atoms with E-state index in [9.17, 15) is 9.59 Å². The molecule has 0 atom stereocenters. The van der Waals surface area contributed by atoms with Gasteiger partial charge in [0, 0.05) is 11.4 Å². The maximum absolute atomic E-state index is 12.5. The van der Waals surface area contributed by atoms with Crippen molar-refractivity contribution in [3.05, 3.63) is 34.6 Å². The molecule has 0 aliphatic rings. The fourth-order valence-corrected chi connectivity index (χ4v) is 4.56. The lowest BCUT2D eigenvalue weighted by molar-refractivity contribution is -0.113. The van der Waals surface area contributed by atoms with Crippen LogP contribution < -0.4 is 5.32 Å². The van der Waals surface area contributed by atoms with Crippen molar-refractivity contribution >= 4 is 40.0 Å². The lowest BCUT2D eigenvalue weighted by Gasteiger charge is -2.07. The summed E-state index contributed by atoms with van der Waals surface area (Å²) in [5.41, 5.74) is 1.26. The second-order valence-corrected chi connectivity index (χ2v) is 8.16. The number of methoxy groups -OCH3 is 1. The Morgan fingerprint density at radius 2 is 2.14 bits per heavy atom. The highest BCUT2D eigenvalue weighted by atomic mass is 32.2. The highest BCUT2D eigenvalue weighted by Crippen LogP contribution is 2.30. The summed E-state index contributed by atoms with van der Waals surface area (Å²) in [6.45, 7) is 6.52. The number of esters is 1. The van der Waals surface area contributed by atoms with Gasteiger partial charge in [-0.05, 0) is 32.4 Å². The highest BCUT2D eigenvalue weighted by Gasteiger charge is 2.20. The molecule has 0 fully saturated rings. The van der Waals surface area contributed by atoms with E-state index in [1.54, 1.807) is 12.3 Å². The summed E-state index contributed by atoms with van der Waals surface area (Å²) in [5.74, 6) is 0.926. The summed E-state index contributed by atoms with van der Waals surface area (Å²) >= 11 is 2.67. The topological polar surface area (TPSA) is 99.2 Å². The van der Waals surface area contributed by atoms with E-state index >= 15 is 0 Å². The zero-order chi connectivity index (χ0) is 21.0. The number of carbonyl (C=O) groups is 2. The van der Waals surface area contributed by atoms with Gasteiger partial charge in [-0.25, -0.2) is 4.79 Å². The van der Waals surface area contributed by atoms with E-state index in [0.717, 1.165) is 22.6 Å². The zero-order valence-corrected chi connectivity index (χ0v) is 18.3. The van der Waals surface area contributed by atoms with Crippen molar-refractivity contribution in [1.82, 2.24) is 14.8 Å². The standard InChI is InChI=1S/C19H22N4O4S2/c1-5-12-9-14(18(25)26-4)17(29-12)20-15(24)10-28-19-22-21-16(23(19)6-2)13-7-8-27-11(13)3/h7-9H,5-6,10H2,1-4H3,(H,20,24). The van der Waals surface area contributed by atoms with Gasteiger partial charge in [0.25, 0.3) is 0 Å². The normalized spacial score (nSPS) is 10.9. The molecule has 0 saturated carbocycles. The van der Waals surface area contributed by atoms with Crippen molar-refractivity contribution in [2.75, 3.05) is 18.2 Å². The number of nitrogens with zero attached hydrogens (tertiary/aromatic N) is 3. The maximum atomic E-state index is 12.5. The minimum absolute atomic E-state index is 0.141. The van der Waals surface area contributed by atoms with Gasteiger partial charge in [0.1, 0.15) is 10.8 Å². The van der Waals surface area contributed by atoms with Crippen molar-refractivity contribution in [2.45, 2.75) is 38.9 Å². The Hall–Kier alpha value is -2.59. The Balaban J connectivity index is 1.71. The van der Waals surface area contributed by atoms with E-state index in [0.29, 0.717) is 28.1 Å². The molecule has 3 aromatic rings. The summed E-state index contributed by atoms with van der Waals surface area (Å²) < 4.78 is 12.1. The summed E-state index contributed by atoms with van der Waals surface area (Å²) in [6, 6.07) is 3.61. The highest BCUT2D eigenvalue weighted by molar-refractivity contribution is 7.99. The lowest BCUT2D eigenvalue weighted by Crippen LogP contribution is -2.16. The van der Waals surface area contributed by atoms with Gasteiger partial charge in [0.15, 0.2) is 11.0 Å². The second-order valence-electron chi connectivity index (χ2n) is 6.08. The first-order chi connectivity index (χ1) is 14.0. The number of thioether (sulfide) groups is 1. The summed E-state index contributed by atoms with van der Waals surface area (Å²) in [5, 5.41) is 12.4. The van der Waals surface area contributed by atoms with Crippen LogP contribution >= 0.6 is 23.1 Å². The number of rotatable bonds is 8. The molecule has 1 amide bonds. The Morgan fingerprint density at radius 1 is 1.34 bits per heavy atom. The molecule has 0 aliphatic heterocycles. The molecule has 0 bridgehead atoms. The van der Waals surface area contributed by atoms with Crippen LogP contribution in [0.25, 0.3) is 11.4 Å². The predicted octanol–water partition coefficient (Wildman–Crippen LogP) is 4.01. The van der Waals surface area contributed by atoms with E-state index < -0.39 is 5.97 Å². The van der Waals surface area contributed by atoms with Crippen LogP contribution in [0.4, 0.5) is 5.00 Å². The molecule has 3 rings (SSSR count). The number of carbonyl (C=O) groups excluding carboxylic acids is 2. The molecule has 3 heterocycles. The number of ether oxygens (including phenoxy) is 1. The smallest absolute Gasteiger partial charge is 0.340 e. The van der Waals surface area contributed by atoms with Crippen LogP contribution in [0, 0.1) is 6.92 Å². The van der Waals surface area contributed by atoms with Gasteiger partial charge < -0.3 is 19.0 Å². The minimum atomic E-state index is -0.463. The number of hydrogen-bond acceptors (Lipinski definition) is 8. The maximum Gasteiger partial charge on any atom is 0.340 e. The number of furan rings is 1. The van der Waals surface area contributed by atoms with E-state index in [4.69, 9.17) is 9.15 Å². The third-order valence-corrected chi connectivity index (χ3v) is 6.42. The van der Waals surface area contributed by atoms with Gasteiger partial charge in [0.2, 0.25) is 5.91 Å². The molecule has 0 spiro atoms. The van der Waals surface area contributed by atoms with Crippen LogP contribution in [0.2, 0.25) is 0 Å². The van der Waals surface area contributed by atoms with Crippen molar-refractivity contribution < 1.29 is 18.7 Å². The lowest BCUT2D eigenvalue weighted by atomic mass is 10.2. The Morgan fingerprint density at radius 3 is 2.76 bits per heavy atom. The van der Waals surface area contributed by atoms with Gasteiger partial charge >= 0.3 is 5.97 Å². The van der Waals surface area contributed by atoms with Gasteiger partial charge in [-0.3, -0.25) is 4.79 Å². The molecule has 0 aromatic carbocycles. The van der Waals surface area contributed by atoms with E-state index in [1.807, 2.05) is 31.4 Å². The quantitative estimate of drug-likeness (QED) is 0.422. The zero-order valence-electron chi connectivity index (χ0n) is 16.6. The van der Waals surface area contributed by atoms with Gasteiger partial charge in [-0.2, -0.15) is 0 Å².